The van der Waals surface area contributed by atoms with Gasteiger partial charge in [-0.3, -0.25) is 9.69 Å². The maximum absolute atomic E-state index is 12.1. The molecule has 0 spiro atoms. The van der Waals surface area contributed by atoms with Crippen LogP contribution >= 0.6 is 0 Å². The van der Waals surface area contributed by atoms with Gasteiger partial charge in [-0.2, -0.15) is 5.26 Å². The smallest absolute Gasteiger partial charge is 0.235 e. The first kappa shape index (κ1) is 17.2. The molecular weight excluding hydrogens is 262 g/mol. The first-order valence-corrected chi connectivity index (χ1v) is 7.23. The molecule has 0 aliphatic rings. The van der Waals surface area contributed by atoms with Crippen LogP contribution in [0.25, 0.3) is 0 Å². The highest BCUT2D eigenvalue weighted by molar-refractivity contribution is 5.79. The van der Waals surface area contributed by atoms with Gasteiger partial charge in [-0.15, -0.1) is 0 Å². The number of rotatable bonds is 6. The monoisotopic (exact) mass is 287 g/mol. The van der Waals surface area contributed by atoms with Crippen LogP contribution in [0.5, 0.6) is 0 Å². The van der Waals surface area contributed by atoms with Crippen molar-refractivity contribution in [2.75, 3.05) is 13.6 Å². The molecule has 1 N–H and O–H groups in total. The number of carbonyl (C=O) groups is 1. The Morgan fingerprint density at radius 1 is 1.38 bits per heavy atom. The van der Waals surface area contributed by atoms with E-state index in [0.717, 1.165) is 0 Å². The van der Waals surface area contributed by atoms with Crippen LogP contribution in [0, 0.1) is 24.2 Å². The van der Waals surface area contributed by atoms with Gasteiger partial charge in [0, 0.05) is 6.54 Å². The van der Waals surface area contributed by atoms with Crippen LogP contribution in [0.4, 0.5) is 0 Å². The van der Waals surface area contributed by atoms with Crippen LogP contribution in [0.2, 0.25) is 0 Å². The molecule has 0 bridgehead atoms. The second-order valence-corrected chi connectivity index (χ2v) is 6.17. The predicted molar refractivity (Wildman–Crippen MR) is 84.5 cm³/mol. The van der Waals surface area contributed by atoms with Gasteiger partial charge in [-0.1, -0.05) is 43.7 Å². The molecular formula is C17H25N3O. The van der Waals surface area contributed by atoms with Crippen molar-refractivity contribution in [2.45, 2.75) is 39.8 Å². The van der Waals surface area contributed by atoms with Gasteiger partial charge in [0.15, 0.2) is 0 Å². The summed E-state index contributed by atoms with van der Waals surface area (Å²) in [4.78, 5) is 14.0. The number of nitriles is 1. The normalized spacial score (nSPS) is 13.8. The molecule has 0 saturated carbocycles. The molecule has 0 heterocycles. The van der Waals surface area contributed by atoms with E-state index in [9.17, 15) is 10.1 Å². The minimum Gasteiger partial charge on any atom is -0.337 e. The Morgan fingerprint density at radius 3 is 2.43 bits per heavy atom. The van der Waals surface area contributed by atoms with Crippen molar-refractivity contribution in [1.29, 1.82) is 5.26 Å². The third kappa shape index (κ3) is 5.20. The lowest BCUT2D eigenvalue weighted by Gasteiger charge is -2.28. The van der Waals surface area contributed by atoms with E-state index in [1.165, 1.54) is 11.1 Å². The van der Waals surface area contributed by atoms with Crippen molar-refractivity contribution >= 4 is 5.91 Å². The summed E-state index contributed by atoms with van der Waals surface area (Å²) in [6.07, 6.45) is 0. The summed E-state index contributed by atoms with van der Waals surface area (Å²) in [5, 5.41) is 12.0. The molecule has 1 aromatic carbocycles. The minimum absolute atomic E-state index is 0.0638. The molecule has 1 rings (SSSR count). The molecule has 0 aliphatic heterocycles. The van der Waals surface area contributed by atoms with E-state index < -0.39 is 5.54 Å². The summed E-state index contributed by atoms with van der Waals surface area (Å²) in [5.74, 6) is -0.0591. The van der Waals surface area contributed by atoms with Crippen LogP contribution in [0.15, 0.2) is 24.3 Å². The highest BCUT2D eigenvalue weighted by Crippen LogP contribution is 2.15. The largest absolute Gasteiger partial charge is 0.337 e. The van der Waals surface area contributed by atoms with Crippen LogP contribution in [0.3, 0.4) is 0 Å². The molecule has 114 valence electrons. The first-order valence-electron chi connectivity index (χ1n) is 7.23. The second kappa shape index (κ2) is 7.24. The number of aryl methyl sites for hydroxylation is 1. The van der Waals surface area contributed by atoms with Crippen molar-refractivity contribution in [2.24, 2.45) is 5.92 Å². The Hall–Kier alpha value is -1.86. The Kier molecular flexibility index (Phi) is 5.92. The van der Waals surface area contributed by atoms with E-state index in [1.807, 2.05) is 25.8 Å². The van der Waals surface area contributed by atoms with Crippen LogP contribution in [0.1, 0.15) is 31.9 Å². The van der Waals surface area contributed by atoms with E-state index >= 15 is 0 Å². The first-order chi connectivity index (χ1) is 9.76. The van der Waals surface area contributed by atoms with Crippen molar-refractivity contribution in [1.82, 2.24) is 10.2 Å². The molecule has 0 unspecified atom stereocenters. The number of benzene rings is 1. The van der Waals surface area contributed by atoms with Crippen LogP contribution in [-0.2, 0) is 11.3 Å². The summed E-state index contributed by atoms with van der Waals surface area (Å²) in [5.41, 5.74) is 1.57. The predicted octanol–water partition coefficient (Wildman–Crippen LogP) is 2.48. The summed E-state index contributed by atoms with van der Waals surface area (Å²) in [6, 6.07) is 10.4. The quantitative estimate of drug-likeness (QED) is 0.874. The second-order valence-electron chi connectivity index (χ2n) is 6.17. The van der Waals surface area contributed by atoms with E-state index in [2.05, 4.69) is 42.6 Å². The van der Waals surface area contributed by atoms with Crippen molar-refractivity contribution in [3.8, 4) is 6.07 Å². The molecule has 0 aromatic heterocycles. The van der Waals surface area contributed by atoms with Gasteiger partial charge in [0.2, 0.25) is 5.91 Å². The molecule has 0 saturated heterocycles. The van der Waals surface area contributed by atoms with E-state index in [1.54, 1.807) is 6.92 Å². The number of likely N-dealkylation sites (N-methyl/N-ethyl adjacent to an activating group) is 1. The zero-order valence-electron chi connectivity index (χ0n) is 13.6. The standard InChI is InChI=1S/C17H25N3O/c1-13(2)17(4,12-18)19-16(21)11-20(5)10-15-8-6-14(3)7-9-15/h6-9,13H,10-11H2,1-5H3,(H,19,21)/t17-/m1/s1. The van der Waals surface area contributed by atoms with Gasteiger partial charge in [0.05, 0.1) is 12.6 Å². The molecule has 1 amide bonds. The molecule has 0 radical (unpaired) electrons. The lowest BCUT2D eigenvalue weighted by atomic mass is 9.90. The maximum Gasteiger partial charge on any atom is 0.235 e. The Balaban J connectivity index is 2.55. The number of hydrogen-bond acceptors (Lipinski definition) is 3. The SMILES string of the molecule is Cc1ccc(CN(C)CC(=O)N[C@](C)(C#N)C(C)C)cc1. The molecule has 4 nitrogen and oxygen atoms in total. The third-order valence-corrected chi connectivity index (χ3v) is 3.77. The van der Waals surface area contributed by atoms with E-state index in [4.69, 9.17) is 0 Å². The molecule has 1 atom stereocenters. The summed E-state index contributed by atoms with van der Waals surface area (Å²) in [7, 11) is 1.90. The van der Waals surface area contributed by atoms with Crippen LogP contribution in [-0.4, -0.2) is 29.9 Å². The topological polar surface area (TPSA) is 56.1 Å². The molecule has 1 aromatic rings. The Labute approximate surface area is 127 Å². The lowest BCUT2D eigenvalue weighted by molar-refractivity contribution is -0.123. The van der Waals surface area contributed by atoms with Gasteiger partial charge in [-0.05, 0) is 32.4 Å². The van der Waals surface area contributed by atoms with E-state index in [-0.39, 0.29) is 18.4 Å². The number of amides is 1. The summed E-state index contributed by atoms with van der Waals surface area (Å²) >= 11 is 0. The number of nitrogens with one attached hydrogen (secondary N) is 1. The van der Waals surface area contributed by atoms with Crippen molar-refractivity contribution in [3.05, 3.63) is 35.4 Å². The van der Waals surface area contributed by atoms with Gasteiger partial charge in [0.25, 0.3) is 0 Å². The number of carbonyl (C=O) groups excluding carboxylic acids is 1. The zero-order chi connectivity index (χ0) is 16.0. The molecule has 0 aliphatic carbocycles. The van der Waals surface area contributed by atoms with Gasteiger partial charge in [0.1, 0.15) is 5.54 Å². The third-order valence-electron chi connectivity index (χ3n) is 3.77. The minimum atomic E-state index is -0.818. The molecule has 4 heteroatoms. The summed E-state index contributed by atoms with van der Waals surface area (Å²) < 4.78 is 0. The fourth-order valence-corrected chi connectivity index (χ4v) is 1.94. The zero-order valence-corrected chi connectivity index (χ0v) is 13.6. The van der Waals surface area contributed by atoms with Crippen LogP contribution < -0.4 is 5.32 Å². The average molecular weight is 287 g/mol. The van der Waals surface area contributed by atoms with E-state index in [0.29, 0.717) is 6.54 Å². The van der Waals surface area contributed by atoms with Crippen molar-refractivity contribution < 1.29 is 4.79 Å². The number of hydrogen-bond donors (Lipinski definition) is 1. The lowest BCUT2D eigenvalue weighted by Crippen LogP contribution is -2.51. The van der Waals surface area contributed by atoms with Gasteiger partial charge < -0.3 is 5.32 Å². The Bertz CT molecular complexity index is 516. The van der Waals surface area contributed by atoms with Crippen molar-refractivity contribution in [3.63, 3.8) is 0 Å². The number of nitrogens with zero attached hydrogens (tertiary/aromatic N) is 2. The average Bonchev–Trinajstić information content (AvgIpc) is 2.40. The molecule has 0 fully saturated rings. The fourth-order valence-electron chi connectivity index (χ4n) is 1.94. The fraction of sp³-hybridized carbons (Fsp3) is 0.529. The maximum atomic E-state index is 12.1. The molecule has 21 heavy (non-hydrogen) atoms. The van der Waals surface area contributed by atoms with Gasteiger partial charge in [-0.25, -0.2) is 0 Å². The highest BCUT2D eigenvalue weighted by Gasteiger charge is 2.30. The highest BCUT2D eigenvalue weighted by atomic mass is 16.2. The summed E-state index contributed by atoms with van der Waals surface area (Å²) in [6.45, 7) is 8.65. The van der Waals surface area contributed by atoms with Gasteiger partial charge >= 0.3 is 0 Å². The Morgan fingerprint density at radius 2 is 1.95 bits per heavy atom.